The van der Waals surface area contributed by atoms with Gasteiger partial charge in [0.1, 0.15) is 11.4 Å². The second kappa shape index (κ2) is 4.89. The van der Waals surface area contributed by atoms with Crippen LogP contribution in [0.15, 0.2) is 42.7 Å². The number of nitrogen functional groups attached to an aromatic ring is 1. The predicted octanol–water partition coefficient (Wildman–Crippen LogP) is 2.72. The quantitative estimate of drug-likeness (QED) is 0.566. The molecule has 2 heterocycles. The number of benzene rings is 1. The van der Waals surface area contributed by atoms with E-state index in [0.29, 0.717) is 5.69 Å². The van der Waals surface area contributed by atoms with Crippen molar-refractivity contribution in [3.63, 3.8) is 0 Å². The van der Waals surface area contributed by atoms with Crippen molar-refractivity contribution in [3.05, 3.63) is 59.5 Å². The zero-order valence-corrected chi connectivity index (χ0v) is 11.4. The molecule has 0 unspecified atom stereocenters. The van der Waals surface area contributed by atoms with Crippen molar-refractivity contribution in [1.29, 1.82) is 0 Å². The highest BCUT2D eigenvalue weighted by Gasteiger charge is 2.04. The number of aryl methyl sites for hydroxylation is 3. The minimum Gasteiger partial charge on any atom is -0.506 e. The lowest BCUT2D eigenvalue weighted by atomic mass is 10.1. The molecule has 0 aliphatic heterocycles. The van der Waals surface area contributed by atoms with Gasteiger partial charge in [0.2, 0.25) is 0 Å². The van der Waals surface area contributed by atoms with Crippen molar-refractivity contribution in [2.45, 2.75) is 19.8 Å². The number of phenolic OH excluding ortho intramolecular Hbond substituents is 1. The Morgan fingerprint density at radius 3 is 2.85 bits per heavy atom. The molecule has 3 aromatic rings. The number of hydrogen-bond donors (Lipinski definition) is 2. The highest BCUT2D eigenvalue weighted by Crippen LogP contribution is 2.21. The number of fused-ring (bicyclic) bond motifs is 1. The molecule has 0 spiro atoms. The second-order valence-electron chi connectivity index (χ2n) is 5.09. The zero-order valence-electron chi connectivity index (χ0n) is 11.4. The van der Waals surface area contributed by atoms with Gasteiger partial charge in [-0.3, -0.25) is 0 Å². The van der Waals surface area contributed by atoms with E-state index in [-0.39, 0.29) is 5.75 Å². The fraction of sp³-hybridized carbons (Fsp3) is 0.188. The Morgan fingerprint density at radius 2 is 2.05 bits per heavy atom. The summed E-state index contributed by atoms with van der Waals surface area (Å²) in [6.07, 6.45) is 5.74. The van der Waals surface area contributed by atoms with Crippen molar-refractivity contribution in [2.24, 2.45) is 0 Å². The van der Waals surface area contributed by atoms with Crippen molar-refractivity contribution in [1.82, 2.24) is 9.38 Å². The predicted molar refractivity (Wildman–Crippen MR) is 79.9 cm³/mol. The van der Waals surface area contributed by atoms with E-state index in [9.17, 15) is 5.11 Å². The van der Waals surface area contributed by atoms with Gasteiger partial charge in [0.05, 0.1) is 11.4 Å². The van der Waals surface area contributed by atoms with Crippen LogP contribution in [0, 0.1) is 6.92 Å². The summed E-state index contributed by atoms with van der Waals surface area (Å²) >= 11 is 0. The summed E-state index contributed by atoms with van der Waals surface area (Å²) in [5, 5.41) is 9.60. The first kappa shape index (κ1) is 12.5. The fourth-order valence-corrected chi connectivity index (χ4v) is 2.27. The molecule has 0 radical (unpaired) electrons. The third kappa shape index (κ3) is 2.45. The van der Waals surface area contributed by atoms with Gasteiger partial charge in [-0.2, -0.15) is 0 Å². The number of nitrogens with two attached hydrogens (primary N) is 1. The number of phenols is 1. The Bertz CT molecular complexity index is 762. The van der Waals surface area contributed by atoms with E-state index in [1.165, 1.54) is 5.56 Å². The number of aromatic hydroxyl groups is 1. The smallest absolute Gasteiger partial charge is 0.138 e. The van der Waals surface area contributed by atoms with Gasteiger partial charge in [-0.15, -0.1) is 0 Å². The van der Waals surface area contributed by atoms with Crippen LogP contribution < -0.4 is 5.73 Å². The lowest BCUT2D eigenvalue weighted by Crippen LogP contribution is -1.93. The van der Waals surface area contributed by atoms with Gasteiger partial charge in [0.25, 0.3) is 0 Å². The summed E-state index contributed by atoms with van der Waals surface area (Å²) < 4.78 is 2.03. The molecular weight excluding hydrogens is 250 g/mol. The molecular formula is C16H17N3O. The molecule has 0 atom stereocenters. The highest BCUT2D eigenvalue weighted by molar-refractivity contribution is 5.53. The maximum absolute atomic E-state index is 9.60. The van der Waals surface area contributed by atoms with Crippen LogP contribution in [0.4, 0.5) is 5.69 Å². The molecule has 0 bridgehead atoms. The topological polar surface area (TPSA) is 63.5 Å². The van der Waals surface area contributed by atoms with Crippen LogP contribution in [0.1, 0.15) is 16.8 Å². The van der Waals surface area contributed by atoms with Crippen LogP contribution in [0.25, 0.3) is 5.65 Å². The molecule has 0 amide bonds. The van der Waals surface area contributed by atoms with Gasteiger partial charge < -0.3 is 15.2 Å². The number of aromatic nitrogens is 2. The summed E-state index contributed by atoms with van der Waals surface area (Å²) in [4.78, 5) is 4.60. The molecule has 2 aromatic heterocycles. The van der Waals surface area contributed by atoms with E-state index in [1.807, 2.05) is 22.9 Å². The van der Waals surface area contributed by atoms with E-state index in [4.69, 9.17) is 5.73 Å². The van der Waals surface area contributed by atoms with Crippen LogP contribution in [0.2, 0.25) is 0 Å². The molecule has 0 saturated heterocycles. The average Bonchev–Trinajstić information content (AvgIpc) is 2.82. The number of imidazole rings is 1. The molecule has 4 nitrogen and oxygen atoms in total. The number of pyridine rings is 1. The molecule has 0 aliphatic rings. The van der Waals surface area contributed by atoms with Crippen molar-refractivity contribution in [3.8, 4) is 5.75 Å². The normalized spacial score (nSPS) is 11.1. The SMILES string of the molecule is Cc1ccn2cc(CCc3ccc(N)c(O)c3)nc2c1. The Balaban J connectivity index is 1.77. The second-order valence-corrected chi connectivity index (χ2v) is 5.09. The number of hydrogen-bond acceptors (Lipinski definition) is 3. The summed E-state index contributed by atoms with van der Waals surface area (Å²) in [5.41, 5.74) is 10.3. The first-order chi connectivity index (χ1) is 9.61. The lowest BCUT2D eigenvalue weighted by molar-refractivity contribution is 0.477. The monoisotopic (exact) mass is 267 g/mol. The fourth-order valence-electron chi connectivity index (χ4n) is 2.27. The largest absolute Gasteiger partial charge is 0.506 e. The van der Waals surface area contributed by atoms with Crippen LogP contribution >= 0.6 is 0 Å². The average molecular weight is 267 g/mol. The van der Waals surface area contributed by atoms with E-state index >= 15 is 0 Å². The summed E-state index contributed by atoms with van der Waals surface area (Å²) in [7, 11) is 0. The molecule has 1 aromatic carbocycles. The third-order valence-electron chi connectivity index (χ3n) is 3.43. The number of nitrogens with zero attached hydrogens (tertiary/aromatic N) is 2. The van der Waals surface area contributed by atoms with Gasteiger partial charge in [0, 0.05) is 12.4 Å². The first-order valence-corrected chi connectivity index (χ1v) is 6.63. The molecule has 3 N–H and O–H groups in total. The van der Waals surface area contributed by atoms with Gasteiger partial charge >= 0.3 is 0 Å². The van der Waals surface area contributed by atoms with Gasteiger partial charge in [-0.05, 0) is 55.2 Å². The maximum Gasteiger partial charge on any atom is 0.138 e. The highest BCUT2D eigenvalue weighted by atomic mass is 16.3. The lowest BCUT2D eigenvalue weighted by Gasteiger charge is -2.02. The molecule has 0 saturated carbocycles. The Labute approximate surface area is 117 Å². The minimum atomic E-state index is 0.146. The standard InChI is InChI=1S/C16H17N3O/c1-11-6-7-19-10-13(18-16(19)8-11)4-2-12-3-5-14(17)15(20)9-12/h3,5-10,20H,2,4,17H2,1H3. The van der Waals surface area contributed by atoms with Crippen molar-refractivity contribution >= 4 is 11.3 Å². The molecule has 0 aliphatic carbocycles. The van der Waals surface area contributed by atoms with E-state index < -0.39 is 0 Å². The van der Waals surface area contributed by atoms with Gasteiger partial charge in [0.15, 0.2) is 0 Å². The van der Waals surface area contributed by atoms with E-state index in [1.54, 1.807) is 12.1 Å². The summed E-state index contributed by atoms with van der Waals surface area (Å²) in [6.45, 7) is 2.06. The maximum atomic E-state index is 9.60. The molecule has 4 heteroatoms. The Kier molecular flexibility index (Phi) is 3.06. The molecule has 20 heavy (non-hydrogen) atoms. The van der Waals surface area contributed by atoms with Gasteiger partial charge in [-0.1, -0.05) is 6.07 Å². The third-order valence-corrected chi connectivity index (χ3v) is 3.43. The summed E-state index contributed by atoms with van der Waals surface area (Å²) in [5.74, 6) is 0.146. The van der Waals surface area contributed by atoms with Crippen molar-refractivity contribution < 1.29 is 5.11 Å². The van der Waals surface area contributed by atoms with Crippen molar-refractivity contribution in [2.75, 3.05) is 5.73 Å². The van der Waals surface area contributed by atoms with Crippen LogP contribution in [0.5, 0.6) is 5.75 Å². The first-order valence-electron chi connectivity index (χ1n) is 6.63. The molecule has 3 rings (SSSR count). The van der Waals surface area contributed by atoms with Crippen LogP contribution in [-0.4, -0.2) is 14.5 Å². The van der Waals surface area contributed by atoms with E-state index in [0.717, 1.165) is 29.7 Å². The Hall–Kier alpha value is -2.49. The number of anilines is 1. The number of rotatable bonds is 3. The zero-order chi connectivity index (χ0) is 14.1. The van der Waals surface area contributed by atoms with Gasteiger partial charge in [-0.25, -0.2) is 4.98 Å². The van der Waals surface area contributed by atoms with E-state index in [2.05, 4.69) is 24.0 Å². The molecule has 102 valence electrons. The molecule has 0 fully saturated rings. The van der Waals surface area contributed by atoms with Crippen LogP contribution in [-0.2, 0) is 12.8 Å². The minimum absolute atomic E-state index is 0.146. The summed E-state index contributed by atoms with van der Waals surface area (Å²) in [6, 6.07) is 9.52. The van der Waals surface area contributed by atoms with Crippen LogP contribution in [0.3, 0.4) is 0 Å². The Morgan fingerprint density at radius 1 is 1.20 bits per heavy atom.